The van der Waals surface area contributed by atoms with Crippen molar-refractivity contribution in [3.63, 3.8) is 0 Å². The smallest absolute Gasteiger partial charge is 0.293 e. The summed E-state index contributed by atoms with van der Waals surface area (Å²) in [4.78, 5) is 25.7. The van der Waals surface area contributed by atoms with Gasteiger partial charge in [0.15, 0.2) is 11.5 Å². The normalized spacial score (nSPS) is 10.9. The molecule has 10 heteroatoms. The van der Waals surface area contributed by atoms with Gasteiger partial charge in [-0.1, -0.05) is 6.07 Å². The van der Waals surface area contributed by atoms with Crippen molar-refractivity contribution in [1.82, 2.24) is 24.7 Å². The molecule has 0 aliphatic carbocycles. The van der Waals surface area contributed by atoms with Crippen molar-refractivity contribution in [3.8, 4) is 28.5 Å². The Morgan fingerprint density at radius 1 is 0.973 bits per heavy atom. The van der Waals surface area contributed by atoms with Crippen LogP contribution in [0, 0.1) is 6.92 Å². The molecule has 1 N–H and O–H groups in total. The van der Waals surface area contributed by atoms with E-state index in [-0.39, 0.29) is 18.0 Å². The summed E-state index contributed by atoms with van der Waals surface area (Å²) in [7, 11) is 1.60. The van der Waals surface area contributed by atoms with Gasteiger partial charge in [-0.25, -0.2) is 9.20 Å². The van der Waals surface area contributed by atoms with Gasteiger partial charge in [0.2, 0.25) is 5.91 Å². The molecule has 0 aliphatic heterocycles. The molecule has 4 rings (SSSR count). The Bertz CT molecular complexity index is 1440. The monoisotopic (exact) mass is 505 g/mol. The highest BCUT2D eigenvalue weighted by Crippen LogP contribution is 2.28. The molecule has 4 aromatic rings. The van der Waals surface area contributed by atoms with Crippen LogP contribution in [0.4, 0.5) is 0 Å². The molecule has 2 aromatic carbocycles. The first kappa shape index (κ1) is 25.7. The van der Waals surface area contributed by atoms with E-state index < -0.39 is 0 Å². The van der Waals surface area contributed by atoms with Crippen molar-refractivity contribution in [3.05, 3.63) is 70.3 Å². The van der Waals surface area contributed by atoms with Crippen LogP contribution in [0.3, 0.4) is 0 Å². The van der Waals surface area contributed by atoms with Crippen LogP contribution in [0.15, 0.2) is 53.3 Å². The van der Waals surface area contributed by atoms with Crippen molar-refractivity contribution in [1.29, 1.82) is 0 Å². The SMILES string of the molecule is CCOc1ccc(CCNC(=O)Cn2nc(C)n3nc(-c4ccc(OC)cc4)cc3c2=O)cc1OCC. The number of hydrogen-bond donors (Lipinski definition) is 1. The second kappa shape index (κ2) is 11.6. The molecular formula is C27H31N5O5. The van der Waals surface area contributed by atoms with E-state index in [1.165, 1.54) is 9.20 Å². The lowest BCUT2D eigenvalue weighted by Crippen LogP contribution is -2.35. The third-order valence-corrected chi connectivity index (χ3v) is 5.76. The lowest BCUT2D eigenvalue weighted by Gasteiger charge is -2.13. The number of hydrogen-bond acceptors (Lipinski definition) is 7. The number of carbonyl (C=O) groups is 1. The molecule has 0 aliphatic rings. The van der Waals surface area contributed by atoms with Crippen LogP contribution >= 0.6 is 0 Å². The number of ether oxygens (including phenoxy) is 3. The molecule has 2 aromatic heterocycles. The Kier molecular flexibility index (Phi) is 8.07. The van der Waals surface area contributed by atoms with E-state index >= 15 is 0 Å². The zero-order chi connectivity index (χ0) is 26.4. The lowest BCUT2D eigenvalue weighted by molar-refractivity contribution is -0.121. The quantitative estimate of drug-likeness (QED) is 0.334. The highest BCUT2D eigenvalue weighted by molar-refractivity contribution is 5.75. The number of nitrogens with zero attached hydrogens (tertiary/aromatic N) is 4. The first-order valence-electron chi connectivity index (χ1n) is 12.2. The number of carbonyl (C=O) groups excluding carboxylic acids is 1. The average molecular weight is 506 g/mol. The maximum atomic E-state index is 13.1. The van der Waals surface area contributed by atoms with E-state index in [2.05, 4.69) is 15.5 Å². The molecule has 194 valence electrons. The third kappa shape index (κ3) is 5.91. The van der Waals surface area contributed by atoms with E-state index in [0.717, 1.165) is 16.9 Å². The van der Waals surface area contributed by atoms with Gasteiger partial charge in [0.1, 0.15) is 23.6 Å². The van der Waals surface area contributed by atoms with E-state index in [1.54, 1.807) is 20.1 Å². The van der Waals surface area contributed by atoms with Crippen LogP contribution < -0.4 is 25.1 Å². The lowest BCUT2D eigenvalue weighted by atomic mass is 10.1. The maximum Gasteiger partial charge on any atom is 0.293 e. The Morgan fingerprint density at radius 3 is 2.41 bits per heavy atom. The second-order valence-corrected chi connectivity index (χ2v) is 8.31. The van der Waals surface area contributed by atoms with Crippen molar-refractivity contribution in [2.24, 2.45) is 0 Å². The van der Waals surface area contributed by atoms with Crippen LogP contribution in [0.25, 0.3) is 16.8 Å². The molecule has 0 atom stereocenters. The summed E-state index contributed by atoms with van der Waals surface area (Å²) >= 11 is 0. The van der Waals surface area contributed by atoms with Gasteiger partial charge in [-0.15, -0.1) is 0 Å². The number of aryl methyl sites for hydroxylation is 1. The summed E-state index contributed by atoms with van der Waals surface area (Å²) in [6, 6.07) is 14.9. The van der Waals surface area contributed by atoms with Crippen LogP contribution in [0.1, 0.15) is 25.2 Å². The Morgan fingerprint density at radius 2 is 1.70 bits per heavy atom. The summed E-state index contributed by atoms with van der Waals surface area (Å²) in [5.41, 5.74) is 2.44. The summed E-state index contributed by atoms with van der Waals surface area (Å²) in [6.45, 7) is 6.89. The van der Waals surface area contributed by atoms with Gasteiger partial charge in [0, 0.05) is 12.1 Å². The fourth-order valence-corrected chi connectivity index (χ4v) is 3.97. The Balaban J connectivity index is 1.43. The summed E-state index contributed by atoms with van der Waals surface area (Å²) in [5.74, 6) is 2.31. The van der Waals surface area contributed by atoms with Crippen molar-refractivity contribution in [2.45, 2.75) is 33.7 Å². The molecule has 0 fully saturated rings. The second-order valence-electron chi connectivity index (χ2n) is 8.31. The third-order valence-electron chi connectivity index (χ3n) is 5.76. The Hall–Kier alpha value is -4.34. The largest absolute Gasteiger partial charge is 0.497 e. The molecule has 10 nitrogen and oxygen atoms in total. The van der Waals surface area contributed by atoms with Crippen molar-refractivity contribution >= 4 is 11.4 Å². The standard InChI is InChI=1S/C27H31N5O5/c1-5-36-24-12-7-19(15-25(24)37-6-2)13-14-28-26(33)17-31-27(34)23-16-22(30-32(23)18(3)29-31)20-8-10-21(35-4)11-9-20/h7-12,15-16H,5-6,13-14,17H2,1-4H3,(H,28,33). The average Bonchev–Trinajstić information content (AvgIpc) is 3.35. The first-order chi connectivity index (χ1) is 17.9. The Labute approximate surface area is 214 Å². The molecular weight excluding hydrogens is 474 g/mol. The van der Waals surface area contributed by atoms with Crippen LogP contribution in [-0.4, -0.2) is 52.2 Å². The van der Waals surface area contributed by atoms with Gasteiger partial charge < -0.3 is 19.5 Å². The number of benzene rings is 2. The minimum absolute atomic E-state index is 0.188. The molecule has 2 heterocycles. The van der Waals surface area contributed by atoms with Crippen LogP contribution in [-0.2, 0) is 17.8 Å². The highest BCUT2D eigenvalue weighted by atomic mass is 16.5. The number of aromatic nitrogens is 4. The van der Waals surface area contributed by atoms with Gasteiger partial charge in [0.25, 0.3) is 5.56 Å². The topological polar surface area (TPSA) is 109 Å². The van der Waals surface area contributed by atoms with E-state index in [9.17, 15) is 9.59 Å². The molecule has 0 unspecified atom stereocenters. The molecule has 0 saturated heterocycles. The van der Waals surface area contributed by atoms with Gasteiger partial charge in [0.05, 0.1) is 26.0 Å². The number of rotatable bonds is 11. The van der Waals surface area contributed by atoms with E-state index in [0.29, 0.717) is 54.7 Å². The van der Waals surface area contributed by atoms with Gasteiger partial charge in [-0.05, 0) is 75.2 Å². The summed E-state index contributed by atoms with van der Waals surface area (Å²) in [6.07, 6.45) is 0.604. The molecule has 1 amide bonds. The number of fused-ring (bicyclic) bond motifs is 1. The molecule has 0 bridgehead atoms. The minimum Gasteiger partial charge on any atom is -0.497 e. The van der Waals surface area contributed by atoms with Crippen molar-refractivity contribution in [2.75, 3.05) is 26.9 Å². The fraction of sp³-hybridized carbons (Fsp3) is 0.333. The molecule has 37 heavy (non-hydrogen) atoms. The first-order valence-corrected chi connectivity index (χ1v) is 12.2. The van der Waals surface area contributed by atoms with Gasteiger partial charge >= 0.3 is 0 Å². The van der Waals surface area contributed by atoms with Gasteiger partial charge in [-0.2, -0.15) is 10.2 Å². The number of nitrogens with one attached hydrogen (secondary N) is 1. The van der Waals surface area contributed by atoms with Crippen LogP contribution in [0.5, 0.6) is 17.2 Å². The summed E-state index contributed by atoms with van der Waals surface area (Å²) < 4.78 is 19.1. The zero-order valence-electron chi connectivity index (χ0n) is 21.5. The fourth-order valence-electron chi connectivity index (χ4n) is 3.97. The molecule has 0 spiro atoms. The van der Waals surface area contributed by atoms with E-state index in [1.807, 2.05) is 56.3 Å². The number of methoxy groups -OCH3 is 1. The van der Waals surface area contributed by atoms with Crippen molar-refractivity contribution < 1.29 is 19.0 Å². The molecule has 0 radical (unpaired) electrons. The predicted octanol–water partition coefficient (Wildman–Crippen LogP) is 3.03. The molecule has 0 saturated carbocycles. The van der Waals surface area contributed by atoms with Gasteiger partial charge in [-0.3, -0.25) is 9.59 Å². The zero-order valence-corrected chi connectivity index (χ0v) is 21.5. The minimum atomic E-state index is -0.388. The van der Waals surface area contributed by atoms with Crippen LogP contribution in [0.2, 0.25) is 0 Å². The summed E-state index contributed by atoms with van der Waals surface area (Å²) in [5, 5.41) is 11.7. The maximum absolute atomic E-state index is 13.1. The predicted molar refractivity (Wildman–Crippen MR) is 139 cm³/mol. The number of amides is 1. The highest BCUT2D eigenvalue weighted by Gasteiger charge is 2.15. The van der Waals surface area contributed by atoms with E-state index in [4.69, 9.17) is 14.2 Å².